The van der Waals surface area contributed by atoms with Gasteiger partial charge < -0.3 is 19.7 Å². The van der Waals surface area contributed by atoms with Gasteiger partial charge >= 0.3 is 7.82 Å². The molecule has 0 radical (unpaired) electrons. The molecule has 6 nitrogen and oxygen atoms in total. The van der Waals surface area contributed by atoms with E-state index in [4.69, 9.17) is 19.2 Å². The molecule has 4 N–H and O–H groups in total. The highest BCUT2D eigenvalue weighted by Crippen LogP contribution is 2.27. The third kappa shape index (κ3) is 4.80. The van der Waals surface area contributed by atoms with E-state index >= 15 is 0 Å². The van der Waals surface area contributed by atoms with Crippen LogP contribution in [0.25, 0.3) is 16.5 Å². The van der Waals surface area contributed by atoms with Gasteiger partial charge in [-0.25, -0.2) is 4.57 Å². The van der Waals surface area contributed by atoms with Crippen LogP contribution in [0.1, 0.15) is 18.9 Å². The van der Waals surface area contributed by atoms with E-state index in [1.807, 2.05) is 6.20 Å². The lowest BCUT2D eigenvalue weighted by molar-refractivity contribution is 0.275. The SMILES string of the molecule is CCN1CCC=C(c2cccc3[nH]ccc23)C1.O=P(O)(O)O. The summed E-state index contributed by atoms with van der Waals surface area (Å²) in [5, 5.41) is 1.34. The van der Waals surface area contributed by atoms with Gasteiger partial charge in [-0.3, -0.25) is 4.90 Å². The fourth-order valence-corrected chi connectivity index (χ4v) is 2.64. The van der Waals surface area contributed by atoms with Crippen LogP contribution < -0.4 is 0 Å². The lowest BCUT2D eigenvalue weighted by atomic mass is 9.98. The van der Waals surface area contributed by atoms with E-state index < -0.39 is 7.82 Å². The number of hydrogen-bond donors (Lipinski definition) is 4. The van der Waals surface area contributed by atoms with Crippen LogP contribution in [0.15, 0.2) is 36.5 Å². The van der Waals surface area contributed by atoms with Crippen LogP contribution in [0.4, 0.5) is 0 Å². The van der Waals surface area contributed by atoms with E-state index in [1.165, 1.54) is 35.0 Å². The highest BCUT2D eigenvalue weighted by molar-refractivity contribution is 7.45. The molecule has 0 atom stereocenters. The van der Waals surface area contributed by atoms with E-state index in [-0.39, 0.29) is 0 Å². The molecule has 22 heavy (non-hydrogen) atoms. The molecule has 0 spiro atoms. The van der Waals surface area contributed by atoms with Gasteiger partial charge in [0.1, 0.15) is 0 Å². The molecule has 2 aromatic rings. The molecule has 0 amide bonds. The Balaban J connectivity index is 0.000000309. The molecule has 0 aliphatic carbocycles. The fraction of sp³-hybridized carbons (Fsp3) is 0.333. The number of rotatable bonds is 2. The highest BCUT2D eigenvalue weighted by Gasteiger charge is 2.14. The molecule has 1 aliphatic heterocycles. The van der Waals surface area contributed by atoms with Crippen LogP contribution in [0.3, 0.4) is 0 Å². The third-order valence-corrected chi connectivity index (χ3v) is 3.62. The zero-order valence-electron chi connectivity index (χ0n) is 12.4. The van der Waals surface area contributed by atoms with Gasteiger partial charge in [0.2, 0.25) is 0 Å². The Morgan fingerprint density at radius 2 is 2.00 bits per heavy atom. The molecule has 1 aromatic heterocycles. The summed E-state index contributed by atoms with van der Waals surface area (Å²) >= 11 is 0. The maximum absolute atomic E-state index is 8.88. The molecule has 0 fully saturated rings. The van der Waals surface area contributed by atoms with Crippen molar-refractivity contribution in [2.45, 2.75) is 13.3 Å². The number of fused-ring (bicyclic) bond motifs is 1. The first-order valence-electron chi connectivity index (χ1n) is 7.14. The summed E-state index contributed by atoms with van der Waals surface area (Å²) in [6.45, 7) is 5.66. The molecular formula is C15H21N2O4P. The molecule has 1 aromatic carbocycles. The first kappa shape index (κ1) is 16.9. The zero-order chi connectivity index (χ0) is 16.2. The molecule has 7 heteroatoms. The van der Waals surface area contributed by atoms with Gasteiger partial charge in [0, 0.05) is 30.2 Å². The van der Waals surface area contributed by atoms with E-state index in [9.17, 15) is 0 Å². The van der Waals surface area contributed by atoms with Gasteiger partial charge in [0.05, 0.1) is 0 Å². The Kier molecular flexibility index (Phi) is 5.56. The predicted octanol–water partition coefficient (Wildman–Crippen LogP) is 2.35. The maximum atomic E-state index is 8.88. The standard InChI is InChI=1S/C15H18N2.H3O4P/c1-2-17-10-4-5-12(11-17)13-6-3-7-15-14(13)8-9-16-15;1-5(2,3)4/h3,5-9,16H,2,4,10-11H2,1H3;(H3,1,2,3,4). The Bertz CT molecular complexity index is 696. The van der Waals surface area contributed by atoms with Gasteiger partial charge in [-0.05, 0) is 36.2 Å². The molecule has 1 aliphatic rings. The van der Waals surface area contributed by atoms with Crippen molar-refractivity contribution in [2.24, 2.45) is 0 Å². The summed E-state index contributed by atoms with van der Waals surface area (Å²) in [4.78, 5) is 27.3. The number of aromatic nitrogens is 1. The van der Waals surface area contributed by atoms with Gasteiger partial charge in [-0.15, -0.1) is 0 Å². The zero-order valence-corrected chi connectivity index (χ0v) is 13.3. The smallest absolute Gasteiger partial charge is 0.361 e. The van der Waals surface area contributed by atoms with Crippen LogP contribution in [0.5, 0.6) is 0 Å². The summed E-state index contributed by atoms with van der Waals surface area (Å²) < 4.78 is 8.88. The highest BCUT2D eigenvalue weighted by atomic mass is 31.2. The lowest BCUT2D eigenvalue weighted by Gasteiger charge is -2.26. The molecule has 120 valence electrons. The summed E-state index contributed by atoms with van der Waals surface area (Å²) in [5.74, 6) is 0. The predicted molar refractivity (Wildman–Crippen MR) is 87.3 cm³/mol. The van der Waals surface area contributed by atoms with Crippen molar-refractivity contribution in [3.8, 4) is 0 Å². The molecule has 0 saturated heterocycles. The van der Waals surface area contributed by atoms with Gasteiger partial charge in [0.25, 0.3) is 0 Å². The maximum Gasteiger partial charge on any atom is 0.466 e. The average Bonchev–Trinajstić information content (AvgIpc) is 2.94. The van der Waals surface area contributed by atoms with Crippen LogP contribution in [0.2, 0.25) is 0 Å². The van der Waals surface area contributed by atoms with Crippen molar-refractivity contribution < 1.29 is 19.2 Å². The molecule has 0 bridgehead atoms. The van der Waals surface area contributed by atoms with Crippen molar-refractivity contribution in [1.82, 2.24) is 9.88 Å². The number of likely N-dealkylation sites (N-methyl/N-ethyl adjacent to an activating group) is 1. The van der Waals surface area contributed by atoms with Crippen molar-refractivity contribution in [2.75, 3.05) is 19.6 Å². The van der Waals surface area contributed by atoms with Gasteiger partial charge in [-0.1, -0.05) is 25.1 Å². The number of hydrogen-bond acceptors (Lipinski definition) is 2. The minimum Gasteiger partial charge on any atom is -0.361 e. The minimum atomic E-state index is -4.64. The number of phosphoric acid groups is 1. The first-order valence-corrected chi connectivity index (χ1v) is 8.71. The fourth-order valence-electron chi connectivity index (χ4n) is 2.64. The van der Waals surface area contributed by atoms with Crippen molar-refractivity contribution >= 4 is 24.3 Å². The van der Waals surface area contributed by atoms with Crippen LogP contribution in [0, 0.1) is 0 Å². The molecule has 0 unspecified atom stereocenters. The van der Waals surface area contributed by atoms with E-state index in [0.29, 0.717) is 0 Å². The summed E-state index contributed by atoms with van der Waals surface area (Å²) in [6, 6.07) is 8.69. The molecular weight excluding hydrogens is 303 g/mol. The topological polar surface area (TPSA) is 96.8 Å². The number of aromatic amines is 1. The summed E-state index contributed by atoms with van der Waals surface area (Å²) in [5.41, 5.74) is 4.10. The Labute approximate surface area is 129 Å². The Hall–Kier alpha value is -1.43. The lowest BCUT2D eigenvalue weighted by Crippen LogP contribution is -2.29. The number of nitrogens with zero attached hydrogens (tertiary/aromatic N) is 1. The monoisotopic (exact) mass is 324 g/mol. The normalized spacial score (nSPS) is 16.1. The second-order valence-corrected chi connectivity index (χ2v) is 6.17. The number of H-pyrrole nitrogens is 1. The van der Waals surface area contributed by atoms with Crippen molar-refractivity contribution in [1.29, 1.82) is 0 Å². The largest absolute Gasteiger partial charge is 0.466 e. The average molecular weight is 324 g/mol. The van der Waals surface area contributed by atoms with E-state index in [2.05, 4.69) is 47.1 Å². The molecule has 3 rings (SSSR count). The summed E-state index contributed by atoms with van der Waals surface area (Å²) in [7, 11) is -4.64. The summed E-state index contributed by atoms with van der Waals surface area (Å²) in [6.07, 6.45) is 5.59. The van der Waals surface area contributed by atoms with E-state index in [0.717, 1.165) is 13.1 Å². The second kappa shape index (κ2) is 7.22. The molecule has 2 heterocycles. The van der Waals surface area contributed by atoms with Gasteiger partial charge in [0.15, 0.2) is 0 Å². The number of nitrogens with one attached hydrogen (secondary N) is 1. The van der Waals surface area contributed by atoms with Crippen molar-refractivity contribution in [3.05, 3.63) is 42.1 Å². The minimum absolute atomic E-state index is 1.08. The Morgan fingerprint density at radius 3 is 2.68 bits per heavy atom. The van der Waals surface area contributed by atoms with E-state index in [1.54, 1.807) is 0 Å². The van der Waals surface area contributed by atoms with Crippen molar-refractivity contribution in [3.63, 3.8) is 0 Å². The molecule has 0 saturated carbocycles. The first-order chi connectivity index (χ1) is 10.4. The van der Waals surface area contributed by atoms with Crippen LogP contribution in [-0.4, -0.2) is 44.2 Å². The quantitative estimate of drug-likeness (QED) is 0.636. The van der Waals surface area contributed by atoms with Crippen LogP contribution >= 0.6 is 7.82 Å². The Morgan fingerprint density at radius 1 is 1.27 bits per heavy atom. The van der Waals surface area contributed by atoms with Crippen LogP contribution in [-0.2, 0) is 4.57 Å². The van der Waals surface area contributed by atoms with Gasteiger partial charge in [-0.2, -0.15) is 0 Å². The second-order valence-electron chi connectivity index (χ2n) is 5.14. The number of benzene rings is 1. The third-order valence-electron chi connectivity index (χ3n) is 3.62.